The molecule has 2 aromatic carbocycles. The highest BCUT2D eigenvalue weighted by atomic mass is 79.9. The number of hydrogen-bond acceptors (Lipinski definition) is 6. The molecule has 0 aromatic heterocycles. The Hall–Kier alpha value is -2.74. The van der Waals surface area contributed by atoms with Gasteiger partial charge in [0.05, 0.1) is 23.9 Å². The van der Waals surface area contributed by atoms with Gasteiger partial charge in [-0.1, -0.05) is 0 Å². The van der Waals surface area contributed by atoms with Crippen LogP contribution < -0.4 is 24.4 Å². The lowest BCUT2D eigenvalue weighted by atomic mass is 10.2. The van der Waals surface area contributed by atoms with Crippen molar-refractivity contribution in [1.82, 2.24) is 5.43 Å². The Labute approximate surface area is 165 Å². The van der Waals surface area contributed by atoms with Crippen LogP contribution in [-0.4, -0.2) is 32.1 Å². The van der Waals surface area contributed by atoms with Crippen LogP contribution in [0, 0.1) is 0 Å². The fourth-order valence-electron chi connectivity index (χ4n) is 2.48. The van der Waals surface area contributed by atoms with E-state index in [0.29, 0.717) is 41.8 Å². The lowest BCUT2D eigenvalue weighted by Gasteiger charge is -2.13. The van der Waals surface area contributed by atoms with Crippen LogP contribution in [0.5, 0.6) is 23.0 Å². The van der Waals surface area contributed by atoms with Crippen LogP contribution in [-0.2, 0) is 0 Å². The van der Waals surface area contributed by atoms with Crippen molar-refractivity contribution in [3.05, 3.63) is 45.9 Å². The summed E-state index contributed by atoms with van der Waals surface area (Å²) in [5.41, 5.74) is 3.68. The second-order valence-corrected chi connectivity index (χ2v) is 6.32. The molecule has 0 radical (unpaired) electrons. The number of hydrogen-bond donors (Lipinski definition) is 1. The molecule has 0 fully saturated rings. The van der Waals surface area contributed by atoms with Crippen LogP contribution in [0.1, 0.15) is 29.8 Å². The average molecular weight is 435 g/mol. The Bertz CT molecular complexity index is 869. The van der Waals surface area contributed by atoms with E-state index in [4.69, 9.17) is 18.9 Å². The smallest absolute Gasteiger partial charge is 0.271 e. The third-order valence-electron chi connectivity index (χ3n) is 3.63. The van der Waals surface area contributed by atoms with Gasteiger partial charge in [0.2, 0.25) is 6.79 Å². The molecule has 0 saturated carbocycles. The Morgan fingerprint density at radius 3 is 2.74 bits per heavy atom. The van der Waals surface area contributed by atoms with E-state index in [-0.39, 0.29) is 12.7 Å². The largest absolute Gasteiger partial charge is 0.490 e. The van der Waals surface area contributed by atoms with Gasteiger partial charge in [-0.2, -0.15) is 5.10 Å². The molecule has 0 saturated heterocycles. The van der Waals surface area contributed by atoms with Crippen LogP contribution in [0.25, 0.3) is 0 Å². The third kappa shape index (κ3) is 4.51. The van der Waals surface area contributed by atoms with Crippen molar-refractivity contribution in [2.45, 2.75) is 13.8 Å². The summed E-state index contributed by atoms with van der Waals surface area (Å²) >= 11 is 3.48. The zero-order valence-corrected chi connectivity index (χ0v) is 16.5. The monoisotopic (exact) mass is 434 g/mol. The molecule has 1 N–H and O–H groups in total. The van der Waals surface area contributed by atoms with Crippen LogP contribution >= 0.6 is 15.9 Å². The van der Waals surface area contributed by atoms with Gasteiger partial charge in [0.25, 0.3) is 5.91 Å². The zero-order chi connectivity index (χ0) is 19.2. The number of amides is 1. The number of halogens is 1. The van der Waals surface area contributed by atoms with Gasteiger partial charge in [0, 0.05) is 5.56 Å². The number of hydrazone groups is 1. The Kier molecular flexibility index (Phi) is 6.18. The maximum atomic E-state index is 12.2. The molecule has 1 aliphatic rings. The predicted molar refractivity (Wildman–Crippen MR) is 104 cm³/mol. The van der Waals surface area contributed by atoms with Crippen LogP contribution in [0.3, 0.4) is 0 Å². The highest BCUT2D eigenvalue weighted by Gasteiger charge is 2.16. The predicted octanol–water partition coefficient (Wildman–Crippen LogP) is 3.74. The molecule has 0 spiro atoms. The van der Waals surface area contributed by atoms with Crippen molar-refractivity contribution in [2.75, 3.05) is 20.0 Å². The van der Waals surface area contributed by atoms with Crippen molar-refractivity contribution in [3.8, 4) is 23.0 Å². The Morgan fingerprint density at radius 1 is 1.19 bits per heavy atom. The first-order valence-electron chi connectivity index (χ1n) is 8.44. The molecule has 0 aliphatic carbocycles. The van der Waals surface area contributed by atoms with Gasteiger partial charge in [-0.05, 0) is 65.7 Å². The molecule has 8 heteroatoms. The summed E-state index contributed by atoms with van der Waals surface area (Å²) in [6, 6.07) is 8.60. The van der Waals surface area contributed by atoms with Crippen molar-refractivity contribution < 1.29 is 23.7 Å². The maximum absolute atomic E-state index is 12.2. The first kappa shape index (κ1) is 19.0. The highest BCUT2D eigenvalue weighted by molar-refractivity contribution is 9.10. The molecule has 1 aliphatic heterocycles. The fourth-order valence-corrected chi connectivity index (χ4v) is 3.05. The van der Waals surface area contributed by atoms with Crippen molar-refractivity contribution in [3.63, 3.8) is 0 Å². The van der Waals surface area contributed by atoms with Gasteiger partial charge in [0.1, 0.15) is 0 Å². The molecular weight excluding hydrogens is 416 g/mol. The minimum atomic E-state index is -0.348. The second kappa shape index (κ2) is 8.77. The van der Waals surface area contributed by atoms with E-state index in [1.54, 1.807) is 24.3 Å². The summed E-state index contributed by atoms with van der Waals surface area (Å²) in [6.45, 7) is 5.00. The fraction of sp³-hybridized carbons (Fsp3) is 0.263. The first-order valence-corrected chi connectivity index (χ1v) is 9.23. The van der Waals surface area contributed by atoms with E-state index in [1.807, 2.05) is 19.9 Å². The summed E-state index contributed by atoms with van der Waals surface area (Å²) in [5, 5.41) is 4.02. The number of carbonyl (C=O) groups is 1. The Balaban J connectivity index is 1.71. The molecule has 27 heavy (non-hydrogen) atoms. The molecule has 2 aromatic rings. The van der Waals surface area contributed by atoms with E-state index in [1.165, 1.54) is 6.21 Å². The van der Waals surface area contributed by atoms with E-state index in [9.17, 15) is 4.79 Å². The zero-order valence-electron chi connectivity index (χ0n) is 15.0. The molecular formula is C19H19BrN2O5. The van der Waals surface area contributed by atoms with Gasteiger partial charge >= 0.3 is 0 Å². The molecule has 7 nitrogen and oxygen atoms in total. The summed E-state index contributed by atoms with van der Waals surface area (Å²) in [7, 11) is 0. The molecule has 0 atom stereocenters. The van der Waals surface area contributed by atoms with Crippen molar-refractivity contribution in [1.29, 1.82) is 0 Å². The van der Waals surface area contributed by atoms with E-state index < -0.39 is 0 Å². The van der Waals surface area contributed by atoms with Gasteiger partial charge in [-0.25, -0.2) is 5.43 Å². The number of nitrogens with one attached hydrogen (secondary N) is 1. The summed E-state index contributed by atoms with van der Waals surface area (Å²) in [5.74, 6) is 2.07. The van der Waals surface area contributed by atoms with Crippen LogP contribution in [0.4, 0.5) is 0 Å². The normalized spacial score (nSPS) is 12.3. The standard InChI is InChI=1S/C19H19BrN2O5/c1-3-24-17-8-12(7-14(20)18(17)25-4-2)10-21-22-19(23)13-5-6-15-16(9-13)27-11-26-15/h5-10H,3-4,11H2,1-2H3,(H,22,23)/b21-10+. The van der Waals surface area contributed by atoms with Crippen LogP contribution in [0.15, 0.2) is 39.9 Å². The molecule has 0 unspecified atom stereocenters. The minimum Gasteiger partial charge on any atom is -0.490 e. The van der Waals surface area contributed by atoms with Gasteiger partial charge in [0.15, 0.2) is 23.0 Å². The molecule has 1 heterocycles. The van der Waals surface area contributed by atoms with E-state index >= 15 is 0 Å². The Morgan fingerprint density at radius 2 is 1.96 bits per heavy atom. The SMILES string of the molecule is CCOc1cc(/C=N/NC(=O)c2ccc3c(c2)OCO3)cc(Br)c1OCC. The molecule has 3 rings (SSSR count). The number of benzene rings is 2. The average Bonchev–Trinajstić information content (AvgIpc) is 3.12. The molecule has 1 amide bonds. The van der Waals surface area contributed by atoms with Gasteiger partial charge in [-0.3, -0.25) is 4.79 Å². The minimum absolute atomic E-state index is 0.160. The van der Waals surface area contributed by atoms with Crippen molar-refractivity contribution >= 4 is 28.1 Å². The number of carbonyl (C=O) groups excluding carboxylic acids is 1. The van der Waals surface area contributed by atoms with E-state index in [2.05, 4.69) is 26.5 Å². The second-order valence-electron chi connectivity index (χ2n) is 5.46. The first-order chi connectivity index (χ1) is 13.1. The molecule has 0 bridgehead atoms. The summed E-state index contributed by atoms with van der Waals surface area (Å²) < 4.78 is 22.5. The quantitative estimate of drug-likeness (QED) is 0.530. The van der Waals surface area contributed by atoms with Crippen LogP contribution in [0.2, 0.25) is 0 Å². The van der Waals surface area contributed by atoms with Gasteiger partial charge in [-0.15, -0.1) is 0 Å². The number of rotatable bonds is 7. The highest BCUT2D eigenvalue weighted by Crippen LogP contribution is 2.36. The lowest BCUT2D eigenvalue weighted by Crippen LogP contribution is -2.17. The maximum Gasteiger partial charge on any atom is 0.271 e. The summed E-state index contributed by atoms with van der Waals surface area (Å²) in [4.78, 5) is 12.2. The number of nitrogens with zero attached hydrogens (tertiary/aromatic N) is 1. The number of fused-ring (bicyclic) bond motifs is 1. The number of ether oxygens (including phenoxy) is 4. The topological polar surface area (TPSA) is 78.4 Å². The van der Waals surface area contributed by atoms with Gasteiger partial charge < -0.3 is 18.9 Å². The molecule has 142 valence electrons. The summed E-state index contributed by atoms with van der Waals surface area (Å²) in [6.07, 6.45) is 1.54. The van der Waals surface area contributed by atoms with E-state index in [0.717, 1.165) is 10.0 Å². The van der Waals surface area contributed by atoms with Crippen molar-refractivity contribution in [2.24, 2.45) is 5.10 Å². The third-order valence-corrected chi connectivity index (χ3v) is 4.22. The lowest BCUT2D eigenvalue weighted by molar-refractivity contribution is 0.0954.